The van der Waals surface area contributed by atoms with E-state index in [2.05, 4.69) is 20.3 Å². The quantitative estimate of drug-likeness (QED) is 0.399. The van der Waals surface area contributed by atoms with E-state index in [1.165, 1.54) is 16.6 Å². The number of aliphatic hydroxyl groups is 1. The van der Waals surface area contributed by atoms with Crippen molar-refractivity contribution in [3.63, 3.8) is 0 Å². The molecule has 2 N–H and O–H groups in total. The molecule has 3 atom stereocenters. The van der Waals surface area contributed by atoms with Crippen molar-refractivity contribution in [2.45, 2.75) is 70.6 Å². The Morgan fingerprint density at radius 3 is 2.75 bits per heavy atom. The second-order valence-electron chi connectivity index (χ2n) is 10.5. The third kappa shape index (κ3) is 6.24. The van der Waals surface area contributed by atoms with Crippen LogP contribution in [-0.4, -0.2) is 81.7 Å². The number of β-amino-alcohol motifs (C(OH)–C–C–N with tert-alkyl or cyclic N) is 1. The molecule has 0 amide bonds. The lowest BCUT2D eigenvalue weighted by molar-refractivity contribution is -0.170. The number of hydrogen-bond donors (Lipinski definition) is 2. The summed E-state index contributed by atoms with van der Waals surface area (Å²) in [5.41, 5.74) is 1.57. The molecule has 2 aliphatic heterocycles. The lowest BCUT2D eigenvalue weighted by Crippen LogP contribution is -2.51. The Bertz CT molecular complexity index is 1480. The summed E-state index contributed by atoms with van der Waals surface area (Å²) < 4.78 is 53.9. The average Bonchev–Trinajstić information content (AvgIpc) is 3.29. The molecule has 2 aliphatic rings. The highest BCUT2D eigenvalue weighted by molar-refractivity contribution is 7.88. The largest absolute Gasteiger partial charge is 0.390 e. The van der Waals surface area contributed by atoms with Crippen molar-refractivity contribution in [1.82, 2.24) is 23.8 Å². The fraction of sp³-hybridized carbons (Fsp3) is 0.577. The molecular weight excluding hydrogens is 563 g/mol. The number of piperidine rings is 1. The van der Waals surface area contributed by atoms with Gasteiger partial charge in [-0.2, -0.15) is 4.31 Å². The molecular formula is C26H34ClFN6O5S. The third-order valence-corrected chi connectivity index (χ3v) is 8.77. The number of hydrogen-bond acceptors (Lipinski definition) is 9. The van der Waals surface area contributed by atoms with Gasteiger partial charge in [0.15, 0.2) is 12.1 Å². The summed E-state index contributed by atoms with van der Waals surface area (Å²) in [6.07, 6.45) is 4.51. The van der Waals surface area contributed by atoms with E-state index in [0.29, 0.717) is 35.6 Å². The van der Waals surface area contributed by atoms with E-state index < -0.39 is 28.0 Å². The number of aromatic nitrogens is 4. The predicted molar refractivity (Wildman–Crippen MR) is 149 cm³/mol. The average molecular weight is 597 g/mol. The Balaban J connectivity index is 1.42. The minimum Gasteiger partial charge on any atom is -0.390 e. The predicted octanol–water partition coefficient (Wildman–Crippen LogP) is 3.72. The summed E-state index contributed by atoms with van der Waals surface area (Å²) in [6, 6.07) is 2.64. The molecule has 2 fully saturated rings. The molecule has 0 saturated carbocycles. The van der Waals surface area contributed by atoms with Crippen LogP contribution < -0.4 is 5.32 Å². The van der Waals surface area contributed by atoms with Crippen LogP contribution in [-0.2, 0) is 26.1 Å². The highest BCUT2D eigenvalue weighted by Gasteiger charge is 2.32. The van der Waals surface area contributed by atoms with Crippen molar-refractivity contribution in [2.75, 3.05) is 31.3 Å². The summed E-state index contributed by atoms with van der Waals surface area (Å²) in [4.78, 5) is 13.3. The highest BCUT2D eigenvalue weighted by atomic mass is 35.5. The zero-order chi connectivity index (χ0) is 28.6. The van der Waals surface area contributed by atoms with Crippen LogP contribution >= 0.6 is 11.6 Å². The first kappa shape index (κ1) is 29.1. The van der Waals surface area contributed by atoms with Crippen LogP contribution in [0.15, 0.2) is 18.3 Å². The fourth-order valence-electron chi connectivity index (χ4n) is 5.20. The normalized spacial score (nSPS) is 22.7. The summed E-state index contributed by atoms with van der Waals surface area (Å²) in [5, 5.41) is 13.9. The van der Waals surface area contributed by atoms with Gasteiger partial charge >= 0.3 is 0 Å². The van der Waals surface area contributed by atoms with Crippen LogP contribution in [0.3, 0.4) is 0 Å². The maximum absolute atomic E-state index is 15.4. The van der Waals surface area contributed by atoms with E-state index in [0.717, 1.165) is 25.5 Å². The van der Waals surface area contributed by atoms with E-state index in [9.17, 15) is 13.5 Å². The summed E-state index contributed by atoms with van der Waals surface area (Å²) >= 11 is 6.46. The molecule has 5 rings (SSSR count). The monoisotopic (exact) mass is 596 g/mol. The molecule has 40 heavy (non-hydrogen) atoms. The van der Waals surface area contributed by atoms with E-state index in [4.69, 9.17) is 21.1 Å². The van der Waals surface area contributed by atoms with Gasteiger partial charge < -0.3 is 24.5 Å². The molecule has 0 spiro atoms. The van der Waals surface area contributed by atoms with Gasteiger partial charge in [0, 0.05) is 31.3 Å². The standard InChI is InChI=1S/C26H34ClFN6O5S/c1-15(2)34-20-11-16(10-18(28)25(20)31-22(34)14-39-23-6-4-5-9-38-23)24-17(27)12-29-26(32-24)30-19-7-8-33(13-21(19)35)40(3,36)37/h10-12,15,19,21,23,35H,4-9,13-14H2,1-3H3,(H,29,30,32)/t19-,21-,23?/m1/s1. The number of nitrogens with one attached hydrogen (secondary N) is 1. The minimum atomic E-state index is -3.40. The number of benzene rings is 1. The van der Waals surface area contributed by atoms with E-state index in [1.807, 2.05) is 18.4 Å². The Labute approximate surface area is 237 Å². The summed E-state index contributed by atoms with van der Waals surface area (Å²) in [6.45, 7) is 5.07. The number of ether oxygens (including phenoxy) is 2. The number of anilines is 1. The van der Waals surface area contributed by atoms with E-state index in [-0.39, 0.29) is 48.5 Å². The smallest absolute Gasteiger partial charge is 0.223 e. The Kier molecular flexibility index (Phi) is 8.60. The van der Waals surface area contributed by atoms with Crippen LogP contribution in [0.5, 0.6) is 0 Å². The third-order valence-electron chi connectivity index (χ3n) is 7.22. The van der Waals surface area contributed by atoms with Gasteiger partial charge in [-0.05, 0) is 51.7 Å². The number of fused-ring (bicyclic) bond motifs is 1. The zero-order valence-corrected chi connectivity index (χ0v) is 24.3. The first-order valence-corrected chi connectivity index (χ1v) is 15.6. The lowest BCUT2D eigenvalue weighted by Gasteiger charge is -2.34. The SMILES string of the molecule is CC(C)n1c(COC2CCCCO2)nc2c(F)cc(-c3nc(N[C@@H]4CCN(S(C)(=O)=O)C[C@H]4O)ncc3Cl)cc21. The fourth-order valence-corrected chi connectivity index (χ4v) is 6.26. The van der Waals surface area contributed by atoms with Gasteiger partial charge in [-0.15, -0.1) is 0 Å². The second kappa shape index (κ2) is 11.8. The number of imidazole rings is 1. The number of nitrogens with zero attached hydrogens (tertiary/aromatic N) is 5. The van der Waals surface area contributed by atoms with Crippen LogP contribution in [0.1, 0.15) is 51.4 Å². The molecule has 0 bridgehead atoms. The van der Waals surface area contributed by atoms with Gasteiger partial charge in [0.05, 0.1) is 40.8 Å². The number of halogens is 2. The highest BCUT2D eigenvalue weighted by Crippen LogP contribution is 2.33. The number of aliphatic hydroxyl groups excluding tert-OH is 1. The summed E-state index contributed by atoms with van der Waals surface area (Å²) in [7, 11) is -3.40. The van der Waals surface area contributed by atoms with Crippen LogP contribution in [0.4, 0.5) is 10.3 Å². The molecule has 0 radical (unpaired) electrons. The molecule has 1 unspecified atom stereocenters. The van der Waals surface area contributed by atoms with E-state index in [1.54, 1.807) is 6.07 Å². The Hall–Kier alpha value is -2.42. The zero-order valence-electron chi connectivity index (χ0n) is 22.7. The van der Waals surface area contributed by atoms with Crippen molar-refractivity contribution >= 4 is 38.6 Å². The Morgan fingerprint density at radius 1 is 1.27 bits per heavy atom. The molecule has 11 nitrogen and oxygen atoms in total. The molecule has 218 valence electrons. The maximum atomic E-state index is 15.4. The number of rotatable bonds is 8. The van der Waals surface area contributed by atoms with Crippen LogP contribution in [0.25, 0.3) is 22.3 Å². The molecule has 1 aromatic carbocycles. The second-order valence-corrected chi connectivity index (χ2v) is 12.9. The van der Waals surface area contributed by atoms with Crippen molar-refractivity contribution in [1.29, 1.82) is 0 Å². The van der Waals surface area contributed by atoms with Crippen LogP contribution in [0.2, 0.25) is 5.02 Å². The van der Waals surface area contributed by atoms with Gasteiger partial charge in [-0.25, -0.2) is 27.8 Å². The molecule has 14 heteroatoms. The molecule has 2 aromatic heterocycles. The maximum Gasteiger partial charge on any atom is 0.223 e. The molecule has 0 aliphatic carbocycles. The lowest BCUT2D eigenvalue weighted by atomic mass is 10.0. The number of sulfonamides is 1. The minimum absolute atomic E-state index is 0.0251. The topological polar surface area (TPSA) is 132 Å². The van der Waals surface area contributed by atoms with Gasteiger partial charge in [-0.3, -0.25) is 0 Å². The summed E-state index contributed by atoms with van der Waals surface area (Å²) in [5.74, 6) is 0.270. The van der Waals surface area contributed by atoms with Crippen LogP contribution in [0, 0.1) is 5.82 Å². The van der Waals surface area contributed by atoms with Crippen molar-refractivity contribution in [2.24, 2.45) is 0 Å². The molecule has 4 heterocycles. The van der Waals surface area contributed by atoms with Crippen molar-refractivity contribution in [3.05, 3.63) is 35.0 Å². The van der Waals surface area contributed by atoms with Gasteiger partial charge in [0.2, 0.25) is 16.0 Å². The van der Waals surface area contributed by atoms with E-state index >= 15 is 4.39 Å². The molecule has 2 saturated heterocycles. The Morgan fingerprint density at radius 2 is 2.08 bits per heavy atom. The van der Waals surface area contributed by atoms with Gasteiger partial charge in [-0.1, -0.05) is 11.6 Å². The van der Waals surface area contributed by atoms with Gasteiger partial charge in [0.1, 0.15) is 17.9 Å². The van der Waals surface area contributed by atoms with Crippen molar-refractivity contribution < 1.29 is 27.4 Å². The first-order valence-electron chi connectivity index (χ1n) is 13.4. The van der Waals surface area contributed by atoms with Crippen molar-refractivity contribution in [3.8, 4) is 11.3 Å². The molecule has 3 aromatic rings. The van der Waals surface area contributed by atoms with Gasteiger partial charge in [0.25, 0.3) is 0 Å². The first-order chi connectivity index (χ1) is 19.0.